The molecule has 0 atom stereocenters. The minimum atomic E-state index is 0.893. The van der Waals surface area contributed by atoms with Crippen molar-refractivity contribution in [2.75, 3.05) is 0 Å². The molecule has 0 saturated carbocycles. The van der Waals surface area contributed by atoms with Crippen LogP contribution in [0.2, 0.25) is 0 Å². The Balaban J connectivity index is 0.000000101. The maximum Gasteiger partial charge on any atom is 0.161 e. The highest BCUT2D eigenvalue weighted by Gasteiger charge is 2.25. The fourth-order valence-corrected chi connectivity index (χ4v) is 18.9. The SMILES string of the molecule is c1ccc(-n2c3ccccc3c3oc4ccc(-c5ccc(-c6ccc7c(c6)oc6ccccc67)cc5)cc4c32)cc1.c1ccc(-n2c3ccccc3c3oc4ccc(-c5ccc(-c6ccc7oc8ccccc8c7c6)cc5)cc4c32)cc1.c1ccc(-n2c3ccccc3c3oc4ccc(-c5ccc(-c6cccc7oc8ccccc8c67)cc5)cc4c32)cc1. The molecule has 0 fully saturated rings. The molecule has 0 aliphatic carbocycles. The summed E-state index contributed by atoms with van der Waals surface area (Å²) in [6, 6.07) is 147. The summed E-state index contributed by atoms with van der Waals surface area (Å²) < 4.78 is 44.6. The molecular weight excluding hydrogens is 1510 g/mol. The van der Waals surface area contributed by atoms with Crippen molar-refractivity contribution in [3.05, 3.63) is 419 Å². The molecule has 27 rings (SSSR count). The van der Waals surface area contributed by atoms with E-state index < -0.39 is 0 Å². The van der Waals surface area contributed by atoms with Gasteiger partial charge in [0.25, 0.3) is 0 Å². The Labute approximate surface area is 702 Å². The zero-order chi connectivity index (χ0) is 80.7. The number of furan rings is 6. The van der Waals surface area contributed by atoms with Crippen LogP contribution >= 0.6 is 0 Å². The topological polar surface area (TPSA) is 93.6 Å². The summed E-state index contributed by atoms with van der Waals surface area (Å²) in [5.74, 6) is 0. The van der Waals surface area contributed by atoms with Crippen LogP contribution in [0.1, 0.15) is 0 Å². The van der Waals surface area contributed by atoms with Crippen molar-refractivity contribution in [2.45, 2.75) is 0 Å². The molecule has 0 aliphatic rings. The van der Waals surface area contributed by atoms with E-state index in [0.717, 1.165) is 221 Å². The maximum atomic E-state index is 6.47. The van der Waals surface area contributed by atoms with Crippen LogP contribution in [0, 0.1) is 0 Å². The standard InChI is InChI=1S/3C38H23NO2/c1-2-9-27(10-3-1)39-32-14-6-4-11-29(32)38-37(39)31-23-26(21-22-34(31)41-38)24-17-19-25(20-18-24)28-13-8-16-35-36(28)30-12-5-7-15-33(30)40-35;1-2-8-28(9-3-1)39-33-12-6-4-11-31(33)38-37(39)32-22-26(19-21-35(32)41-38)24-14-16-25(17-15-24)27-18-20-30-29-10-5-7-13-34(29)40-36(30)23-27;1-2-8-28(9-3-1)39-33-12-6-4-11-30(33)38-37(39)32-23-27(19-21-36(32)41-38)25-16-14-24(15-17-25)26-18-20-35-31(22-26)29-10-5-7-13-34(29)40-35/h3*1-23H. The Hall–Kier alpha value is -16.6. The number of benzene rings is 18. The molecule has 123 heavy (non-hydrogen) atoms. The quantitative estimate of drug-likeness (QED) is 0.143. The predicted octanol–water partition coefficient (Wildman–Crippen LogP) is 32.3. The molecule has 0 radical (unpaired) electrons. The monoisotopic (exact) mass is 1580 g/mol. The van der Waals surface area contributed by atoms with Crippen molar-refractivity contribution in [2.24, 2.45) is 0 Å². The highest BCUT2D eigenvalue weighted by atomic mass is 16.3. The molecule has 0 unspecified atom stereocenters. The first-order chi connectivity index (χ1) is 61.0. The zero-order valence-electron chi connectivity index (χ0n) is 66.1. The zero-order valence-corrected chi connectivity index (χ0v) is 66.1. The molecule has 0 saturated heterocycles. The number of nitrogens with zero attached hydrogens (tertiary/aromatic N) is 3. The van der Waals surface area contributed by atoms with Gasteiger partial charge in [-0.1, -0.05) is 261 Å². The van der Waals surface area contributed by atoms with Gasteiger partial charge in [0.15, 0.2) is 16.7 Å². The minimum Gasteiger partial charge on any atom is -0.456 e. The van der Waals surface area contributed by atoms with Crippen molar-refractivity contribution in [1.82, 2.24) is 13.7 Å². The Morgan fingerprint density at radius 3 is 0.829 bits per heavy atom. The number of rotatable bonds is 9. The lowest BCUT2D eigenvalue weighted by Crippen LogP contribution is -1.92. The predicted molar refractivity (Wildman–Crippen MR) is 506 cm³/mol. The van der Waals surface area contributed by atoms with E-state index in [1.54, 1.807) is 0 Å². The molecule has 27 aromatic rings. The molecule has 9 aromatic heterocycles. The van der Waals surface area contributed by atoms with Gasteiger partial charge in [0.05, 0.1) is 16.6 Å². The lowest BCUT2D eigenvalue weighted by atomic mass is 9.96. The second-order valence-corrected chi connectivity index (χ2v) is 31.7. The van der Waals surface area contributed by atoms with E-state index in [1.807, 2.05) is 42.5 Å². The summed E-state index contributed by atoms with van der Waals surface area (Å²) in [5.41, 5.74) is 35.0. The van der Waals surface area contributed by atoms with E-state index in [4.69, 9.17) is 26.5 Å². The first kappa shape index (κ1) is 69.5. The van der Waals surface area contributed by atoms with E-state index in [1.165, 1.54) is 27.8 Å². The Morgan fingerprint density at radius 2 is 0.415 bits per heavy atom. The summed E-state index contributed by atoms with van der Waals surface area (Å²) in [7, 11) is 0. The summed E-state index contributed by atoms with van der Waals surface area (Å²) in [6.07, 6.45) is 0. The van der Waals surface area contributed by atoms with Gasteiger partial charge in [0, 0.05) is 81.7 Å². The second kappa shape index (κ2) is 28.0. The molecule has 9 heterocycles. The third-order valence-corrected chi connectivity index (χ3v) is 24.7. The van der Waals surface area contributed by atoms with Gasteiger partial charge in [0.1, 0.15) is 66.8 Å². The average molecular weight is 1580 g/mol. The van der Waals surface area contributed by atoms with Crippen LogP contribution in [-0.4, -0.2) is 13.7 Å². The Kier molecular flexibility index (Phi) is 15.8. The summed E-state index contributed by atoms with van der Waals surface area (Å²) in [5, 5.41) is 13.6. The molecule has 0 aliphatic heterocycles. The van der Waals surface area contributed by atoms with Crippen molar-refractivity contribution in [3.8, 4) is 83.8 Å². The number of fused-ring (bicyclic) bond motifs is 24. The third kappa shape index (κ3) is 11.4. The molecule has 0 amide bonds. The van der Waals surface area contributed by atoms with E-state index in [9.17, 15) is 0 Å². The largest absolute Gasteiger partial charge is 0.456 e. The van der Waals surface area contributed by atoms with Crippen LogP contribution < -0.4 is 0 Å². The lowest BCUT2D eigenvalue weighted by Gasteiger charge is -2.08. The summed E-state index contributed by atoms with van der Waals surface area (Å²) in [6.45, 7) is 0. The van der Waals surface area contributed by atoms with E-state index >= 15 is 0 Å². The van der Waals surface area contributed by atoms with E-state index in [0.29, 0.717) is 0 Å². The maximum absolute atomic E-state index is 6.47. The Morgan fingerprint density at radius 1 is 0.146 bits per heavy atom. The summed E-state index contributed by atoms with van der Waals surface area (Å²) >= 11 is 0. The molecule has 9 heteroatoms. The van der Waals surface area contributed by atoms with Gasteiger partial charge in [-0.25, -0.2) is 0 Å². The number of hydrogen-bond acceptors (Lipinski definition) is 6. The highest BCUT2D eigenvalue weighted by molar-refractivity contribution is 6.21. The average Bonchev–Trinajstić information content (AvgIpc) is 1.57. The fourth-order valence-electron chi connectivity index (χ4n) is 18.9. The molecule has 0 N–H and O–H groups in total. The fraction of sp³-hybridized carbons (Fsp3) is 0. The number of hydrogen-bond donors (Lipinski definition) is 0. The van der Waals surface area contributed by atoms with Gasteiger partial charge in [-0.15, -0.1) is 0 Å². The van der Waals surface area contributed by atoms with Crippen molar-refractivity contribution in [3.63, 3.8) is 0 Å². The van der Waals surface area contributed by atoms with Crippen LogP contribution in [0.4, 0.5) is 0 Å². The van der Waals surface area contributed by atoms with Crippen molar-refractivity contribution < 1.29 is 26.5 Å². The highest BCUT2D eigenvalue weighted by Crippen LogP contribution is 2.47. The van der Waals surface area contributed by atoms with Crippen molar-refractivity contribution in [1.29, 1.82) is 0 Å². The molecule has 576 valence electrons. The van der Waals surface area contributed by atoms with Crippen LogP contribution in [0.25, 0.3) is 249 Å². The van der Waals surface area contributed by atoms with E-state index in [-0.39, 0.29) is 0 Å². The van der Waals surface area contributed by atoms with Crippen molar-refractivity contribution >= 4 is 165 Å². The van der Waals surface area contributed by atoms with Gasteiger partial charge in [0.2, 0.25) is 0 Å². The van der Waals surface area contributed by atoms with Gasteiger partial charge in [-0.2, -0.15) is 0 Å². The normalized spacial score (nSPS) is 11.9. The Bertz CT molecular complexity index is 8840. The first-order valence-electron chi connectivity index (χ1n) is 41.6. The number of para-hydroxylation sites is 9. The molecular formula is C114H69N3O6. The molecule has 0 spiro atoms. The van der Waals surface area contributed by atoms with Crippen LogP contribution in [-0.2, 0) is 0 Å². The second-order valence-electron chi connectivity index (χ2n) is 31.7. The van der Waals surface area contributed by atoms with Gasteiger partial charge in [-0.05, 0) is 224 Å². The van der Waals surface area contributed by atoms with Crippen LogP contribution in [0.3, 0.4) is 0 Å². The minimum absolute atomic E-state index is 0.893. The van der Waals surface area contributed by atoms with Gasteiger partial charge < -0.3 is 40.2 Å². The van der Waals surface area contributed by atoms with Gasteiger partial charge >= 0.3 is 0 Å². The molecule has 18 aromatic carbocycles. The van der Waals surface area contributed by atoms with Crippen LogP contribution in [0.5, 0.6) is 0 Å². The summed E-state index contributed by atoms with van der Waals surface area (Å²) in [4.78, 5) is 0. The number of aromatic nitrogens is 3. The first-order valence-corrected chi connectivity index (χ1v) is 41.6. The van der Waals surface area contributed by atoms with Crippen LogP contribution in [0.15, 0.2) is 445 Å². The molecule has 9 nitrogen and oxygen atoms in total. The van der Waals surface area contributed by atoms with E-state index in [2.05, 4.69) is 390 Å². The van der Waals surface area contributed by atoms with Gasteiger partial charge in [-0.3, -0.25) is 0 Å². The third-order valence-electron chi connectivity index (χ3n) is 24.7. The lowest BCUT2D eigenvalue weighted by molar-refractivity contribution is 0.668. The molecule has 0 bridgehead atoms. The smallest absolute Gasteiger partial charge is 0.161 e.